The Hall–Kier alpha value is -1.48. The molecule has 0 atom stereocenters. The summed E-state index contributed by atoms with van der Waals surface area (Å²) in [4.78, 5) is 0. The fraction of sp³-hybridized carbons (Fsp3) is 0.556. The lowest BCUT2D eigenvalue weighted by Crippen LogP contribution is -2.15. The number of benzene rings is 1. The summed E-state index contributed by atoms with van der Waals surface area (Å²) in [6.45, 7) is 13.5. The molecule has 0 heterocycles. The van der Waals surface area contributed by atoms with Crippen molar-refractivity contribution in [1.29, 1.82) is 0 Å². The van der Waals surface area contributed by atoms with E-state index in [2.05, 4.69) is 38.7 Å². The van der Waals surface area contributed by atoms with Crippen LogP contribution in [0.3, 0.4) is 0 Å². The quantitative estimate of drug-likeness (QED) is 0.486. The number of nitrogens with one attached hydrogen (secondary N) is 1. The van der Waals surface area contributed by atoms with Gasteiger partial charge in [0, 0.05) is 18.2 Å². The molecule has 0 saturated carbocycles. The summed E-state index contributed by atoms with van der Waals surface area (Å²) >= 11 is 0. The molecule has 0 unspecified atom stereocenters. The van der Waals surface area contributed by atoms with Crippen LogP contribution in [0.4, 0.5) is 0 Å². The maximum Gasteiger partial charge on any atom is 0.127 e. The third-order valence-electron chi connectivity index (χ3n) is 3.19. The number of rotatable bonds is 11. The molecule has 0 aliphatic rings. The van der Waals surface area contributed by atoms with Gasteiger partial charge in [0.15, 0.2) is 0 Å². The molecule has 1 N–H and O–H groups in total. The zero-order valence-corrected chi connectivity index (χ0v) is 13.7. The Bertz CT molecular complexity index is 429. The Morgan fingerprint density at radius 1 is 1.14 bits per heavy atom. The van der Waals surface area contributed by atoms with Gasteiger partial charge in [0.2, 0.25) is 0 Å². The predicted octanol–water partition coefficient (Wildman–Crippen LogP) is 4.32. The van der Waals surface area contributed by atoms with E-state index in [0.29, 0.717) is 6.61 Å². The predicted molar refractivity (Wildman–Crippen MR) is 89.2 cm³/mol. The summed E-state index contributed by atoms with van der Waals surface area (Å²) in [6.07, 6.45) is 3.07. The summed E-state index contributed by atoms with van der Waals surface area (Å²) in [5, 5.41) is 3.41. The van der Waals surface area contributed by atoms with E-state index in [-0.39, 0.29) is 0 Å². The van der Waals surface area contributed by atoms with Crippen LogP contribution in [0, 0.1) is 0 Å². The van der Waals surface area contributed by atoms with Crippen molar-refractivity contribution >= 4 is 0 Å². The van der Waals surface area contributed by atoms with Crippen LogP contribution < -0.4 is 14.8 Å². The van der Waals surface area contributed by atoms with Crippen molar-refractivity contribution in [2.24, 2.45) is 0 Å². The van der Waals surface area contributed by atoms with Gasteiger partial charge in [-0.15, -0.1) is 0 Å². The SMILES string of the molecule is C=C(CC)COc1cc(OCCC)ccc1CNCCC. The van der Waals surface area contributed by atoms with Crippen molar-refractivity contribution in [3.8, 4) is 11.5 Å². The van der Waals surface area contributed by atoms with Gasteiger partial charge in [0.05, 0.1) is 6.61 Å². The van der Waals surface area contributed by atoms with Gasteiger partial charge >= 0.3 is 0 Å². The fourth-order valence-electron chi connectivity index (χ4n) is 1.81. The van der Waals surface area contributed by atoms with Gasteiger partial charge in [-0.25, -0.2) is 0 Å². The smallest absolute Gasteiger partial charge is 0.127 e. The zero-order valence-electron chi connectivity index (χ0n) is 13.7. The molecule has 21 heavy (non-hydrogen) atoms. The van der Waals surface area contributed by atoms with Gasteiger partial charge in [-0.2, -0.15) is 0 Å². The third-order valence-corrected chi connectivity index (χ3v) is 3.19. The monoisotopic (exact) mass is 291 g/mol. The van der Waals surface area contributed by atoms with Crippen molar-refractivity contribution < 1.29 is 9.47 Å². The van der Waals surface area contributed by atoms with E-state index in [9.17, 15) is 0 Å². The molecule has 1 aromatic carbocycles. The van der Waals surface area contributed by atoms with Crippen molar-refractivity contribution in [2.45, 2.75) is 46.6 Å². The molecule has 0 spiro atoms. The topological polar surface area (TPSA) is 30.5 Å². The van der Waals surface area contributed by atoms with Gasteiger partial charge in [0.1, 0.15) is 18.1 Å². The number of hydrogen-bond donors (Lipinski definition) is 1. The summed E-state index contributed by atoms with van der Waals surface area (Å²) in [6, 6.07) is 6.08. The first kappa shape index (κ1) is 17.6. The van der Waals surface area contributed by atoms with E-state index in [0.717, 1.165) is 61.6 Å². The Labute approximate surface area is 129 Å². The molecule has 0 radical (unpaired) electrons. The van der Waals surface area contributed by atoms with E-state index < -0.39 is 0 Å². The van der Waals surface area contributed by atoms with Gasteiger partial charge in [-0.1, -0.05) is 33.4 Å². The standard InChI is InChI=1S/C18H29NO2/c1-5-10-19-13-16-8-9-17(20-11-6-2)12-18(16)21-14-15(4)7-3/h8-9,12,19H,4-7,10-11,13-14H2,1-3H3. The summed E-state index contributed by atoms with van der Waals surface area (Å²) in [5.41, 5.74) is 2.26. The maximum atomic E-state index is 5.92. The molecule has 0 saturated heterocycles. The summed E-state index contributed by atoms with van der Waals surface area (Å²) < 4.78 is 11.6. The average Bonchev–Trinajstić information content (AvgIpc) is 2.52. The molecular weight excluding hydrogens is 262 g/mol. The Morgan fingerprint density at radius 3 is 2.62 bits per heavy atom. The van der Waals surface area contributed by atoms with Gasteiger partial charge < -0.3 is 14.8 Å². The number of hydrogen-bond acceptors (Lipinski definition) is 3. The van der Waals surface area contributed by atoms with Crippen molar-refractivity contribution in [1.82, 2.24) is 5.32 Å². The van der Waals surface area contributed by atoms with Crippen LogP contribution in [0.15, 0.2) is 30.4 Å². The minimum absolute atomic E-state index is 0.564. The van der Waals surface area contributed by atoms with Crippen LogP contribution >= 0.6 is 0 Å². The van der Waals surface area contributed by atoms with Crippen LogP contribution in [0.1, 0.15) is 45.6 Å². The molecule has 0 aliphatic carbocycles. The Morgan fingerprint density at radius 2 is 1.95 bits per heavy atom. The maximum absolute atomic E-state index is 5.92. The second-order valence-electron chi connectivity index (χ2n) is 5.19. The zero-order chi connectivity index (χ0) is 15.5. The molecule has 0 amide bonds. The average molecular weight is 291 g/mol. The molecule has 0 aliphatic heterocycles. The molecule has 1 rings (SSSR count). The second kappa shape index (κ2) is 10.3. The molecule has 118 valence electrons. The molecular formula is C18H29NO2. The Balaban J connectivity index is 2.76. The van der Waals surface area contributed by atoms with Gasteiger partial charge in [-0.05, 0) is 37.4 Å². The lowest BCUT2D eigenvalue weighted by molar-refractivity contribution is 0.309. The van der Waals surface area contributed by atoms with Crippen LogP contribution in [-0.4, -0.2) is 19.8 Å². The van der Waals surface area contributed by atoms with Crippen molar-refractivity contribution in [3.05, 3.63) is 35.9 Å². The first-order chi connectivity index (χ1) is 10.2. The fourth-order valence-corrected chi connectivity index (χ4v) is 1.81. The van der Waals surface area contributed by atoms with Crippen LogP contribution in [0.2, 0.25) is 0 Å². The lowest BCUT2D eigenvalue weighted by atomic mass is 10.2. The molecule has 0 aromatic heterocycles. The summed E-state index contributed by atoms with van der Waals surface area (Å²) in [7, 11) is 0. The van der Waals surface area contributed by atoms with Gasteiger partial charge in [0.25, 0.3) is 0 Å². The molecule has 0 fully saturated rings. The lowest BCUT2D eigenvalue weighted by Gasteiger charge is -2.15. The minimum Gasteiger partial charge on any atom is -0.493 e. The van der Waals surface area contributed by atoms with Crippen molar-refractivity contribution in [2.75, 3.05) is 19.8 Å². The molecule has 3 heteroatoms. The van der Waals surface area contributed by atoms with E-state index in [1.54, 1.807) is 0 Å². The first-order valence-electron chi connectivity index (χ1n) is 7.97. The minimum atomic E-state index is 0.564. The van der Waals surface area contributed by atoms with Gasteiger partial charge in [-0.3, -0.25) is 0 Å². The van der Waals surface area contributed by atoms with Crippen LogP contribution in [0.25, 0.3) is 0 Å². The van der Waals surface area contributed by atoms with Crippen LogP contribution in [0.5, 0.6) is 11.5 Å². The largest absolute Gasteiger partial charge is 0.493 e. The third kappa shape index (κ3) is 6.67. The molecule has 0 bridgehead atoms. The number of ether oxygens (including phenoxy) is 2. The highest BCUT2D eigenvalue weighted by atomic mass is 16.5. The van der Waals surface area contributed by atoms with Crippen molar-refractivity contribution in [3.63, 3.8) is 0 Å². The Kier molecular flexibility index (Phi) is 8.60. The molecule has 1 aromatic rings. The van der Waals surface area contributed by atoms with Crippen LogP contribution in [-0.2, 0) is 6.54 Å². The van der Waals surface area contributed by atoms with E-state index in [1.807, 2.05) is 12.1 Å². The highest BCUT2D eigenvalue weighted by Gasteiger charge is 2.07. The van der Waals surface area contributed by atoms with E-state index in [4.69, 9.17) is 9.47 Å². The summed E-state index contributed by atoms with van der Waals surface area (Å²) in [5.74, 6) is 1.76. The van der Waals surface area contributed by atoms with E-state index >= 15 is 0 Å². The highest BCUT2D eigenvalue weighted by Crippen LogP contribution is 2.26. The molecule has 3 nitrogen and oxygen atoms in total. The normalized spacial score (nSPS) is 10.4. The van der Waals surface area contributed by atoms with E-state index in [1.165, 1.54) is 0 Å². The first-order valence-corrected chi connectivity index (χ1v) is 7.97. The second-order valence-corrected chi connectivity index (χ2v) is 5.19. The highest BCUT2D eigenvalue weighted by molar-refractivity contribution is 5.41.